The molecule has 0 heterocycles. The summed E-state index contributed by atoms with van der Waals surface area (Å²) in [7, 11) is 0. The molecule has 0 saturated heterocycles. The van der Waals surface area contributed by atoms with Crippen molar-refractivity contribution >= 4 is 23.4 Å². The van der Waals surface area contributed by atoms with Crippen LogP contribution in [0.25, 0.3) is 0 Å². The van der Waals surface area contributed by atoms with Gasteiger partial charge < -0.3 is 10.4 Å². The van der Waals surface area contributed by atoms with Gasteiger partial charge in [0.25, 0.3) is 0 Å². The summed E-state index contributed by atoms with van der Waals surface area (Å²) in [6, 6.07) is 7.18. The molecule has 0 aliphatic rings. The quantitative estimate of drug-likeness (QED) is 0.793. The van der Waals surface area contributed by atoms with E-state index in [1.165, 1.54) is 11.8 Å². The molecule has 76 valence electrons. The Morgan fingerprint density at radius 2 is 2.36 bits per heavy atom. The molecule has 2 N–H and O–H groups in total. The van der Waals surface area contributed by atoms with Crippen molar-refractivity contribution in [1.82, 2.24) is 0 Å². The Morgan fingerprint density at radius 3 is 3.00 bits per heavy atom. The zero-order valence-corrected chi connectivity index (χ0v) is 8.80. The summed E-state index contributed by atoms with van der Waals surface area (Å²) in [5.74, 6) is 0.427. The number of anilines is 1. The van der Waals surface area contributed by atoms with Crippen LogP contribution in [-0.4, -0.2) is 23.0 Å². The third-order valence-electron chi connectivity index (χ3n) is 1.67. The summed E-state index contributed by atoms with van der Waals surface area (Å²) in [6.45, 7) is -0.00770. The van der Waals surface area contributed by atoms with Crippen LogP contribution < -0.4 is 5.32 Å². The number of thioether (sulfide) groups is 1. The fourth-order valence-corrected chi connectivity index (χ4v) is 1.41. The molecule has 0 atom stereocenters. The maximum Gasteiger partial charge on any atom is 0.234 e. The Kier molecular flexibility index (Phi) is 4.49. The minimum Gasteiger partial charge on any atom is -0.392 e. The number of aliphatic hydroxyl groups excluding tert-OH is 1. The number of hydrogen-bond acceptors (Lipinski definition) is 3. The van der Waals surface area contributed by atoms with Gasteiger partial charge >= 0.3 is 0 Å². The molecule has 1 aromatic rings. The Hall–Kier alpha value is -1.00. The molecule has 0 aliphatic heterocycles. The van der Waals surface area contributed by atoms with Crippen molar-refractivity contribution in [2.75, 3.05) is 17.3 Å². The van der Waals surface area contributed by atoms with E-state index in [-0.39, 0.29) is 12.5 Å². The molecule has 0 radical (unpaired) electrons. The van der Waals surface area contributed by atoms with Gasteiger partial charge in [0.05, 0.1) is 12.4 Å². The normalized spacial score (nSPS) is 9.86. The van der Waals surface area contributed by atoms with E-state index in [0.29, 0.717) is 5.75 Å². The second kappa shape index (κ2) is 5.67. The number of carbonyl (C=O) groups excluding carboxylic acids is 1. The molecule has 14 heavy (non-hydrogen) atoms. The highest BCUT2D eigenvalue weighted by Crippen LogP contribution is 2.10. The summed E-state index contributed by atoms with van der Waals surface area (Å²) in [5.41, 5.74) is 1.53. The van der Waals surface area contributed by atoms with Crippen LogP contribution >= 0.6 is 11.8 Å². The summed E-state index contributed by atoms with van der Waals surface area (Å²) < 4.78 is 0. The highest BCUT2D eigenvalue weighted by atomic mass is 32.2. The van der Waals surface area contributed by atoms with Gasteiger partial charge in [0.2, 0.25) is 5.91 Å². The minimum absolute atomic E-state index is 0.00770. The average Bonchev–Trinajstić information content (AvgIpc) is 2.18. The first-order valence-electron chi connectivity index (χ1n) is 4.25. The molecular weight excluding hydrogens is 198 g/mol. The van der Waals surface area contributed by atoms with Crippen LogP contribution in [0.5, 0.6) is 0 Å². The van der Waals surface area contributed by atoms with Gasteiger partial charge in [-0.25, -0.2) is 0 Å². The molecule has 0 aromatic heterocycles. The molecule has 0 saturated carbocycles. The molecule has 0 bridgehead atoms. The summed E-state index contributed by atoms with van der Waals surface area (Å²) in [6.07, 6.45) is 1.88. The largest absolute Gasteiger partial charge is 0.392 e. The lowest BCUT2D eigenvalue weighted by molar-refractivity contribution is -0.113. The smallest absolute Gasteiger partial charge is 0.234 e. The molecule has 0 aliphatic carbocycles. The van der Waals surface area contributed by atoms with Crippen molar-refractivity contribution in [2.45, 2.75) is 6.61 Å². The van der Waals surface area contributed by atoms with Crippen LogP contribution in [0.4, 0.5) is 5.69 Å². The summed E-state index contributed by atoms with van der Waals surface area (Å²) in [4.78, 5) is 11.2. The SMILES string of the molecule is CSCC(=O)Nc1cccc(CO)c1. The van der Waals surface area contributed by atoms with E-state index in [0.717, 1.165) is 11.3 Å². The molecular formula is C10H13NO2S. The Labute approximate surface area is 87.5 Å². The lowest BCUT2D eigenvalue weighted by atomic mass is 10.2. The Balaban J connectivity index is 2.62. The first-order valence-corrected chi connectivity index (χ1v) is 5.64. The monoisotopic (exact) mass is 211 g/mol. The number of benzene rings is 1. The zero-order valence-electron chi connectivity index (χ0n) is 7.99. The average molecular weight is 211 g/mol. The van der Waals surface area contributed by atoms with Crippen molar-refractivity contribution in [3.8, 4) is 0 Å². The van der Waals surface area contributed by atoms with E-state index in [1.807, 2.05) is 12.3 Å². The van der Waals surface area contributed by atoms with Gasteiger partial charge in [-0.2, -0.15) is 11.8 Å². The molecule has 0 fully saturated rings. The van der Waals surface area contributed by atoms with Gasteiger partial charge in [-0.05, 0) is 24.0 Å². The fraction of sp³-hybridized carbons (Fsp3) is 0.300. The fourth-order valence-electron chi connectivity index (χ4n) is 1.08. The Morgan fingerprint density at radius 1 is 1.57 bits per heavy atom. The Bertz CT molecular complexity index is 315. The van der Waals surface area contributed by atoms with Crippen molar-refractivity contribution < 1.29 is 9.90 Å². The van der Waals surface area contributed by atoms with Gasteiger partial charge in [0.15, 0.2) is 0 Å². The molecule has 1 rings (SSSR count). The molecule has 0 unspecified atom stereocenters. The van der Waals surface area contributed by atoms with Crippen molar-refractivity contribution in [3.63, 3.8) is 0 Å². The molecule has 3 nitrogen and oxygen atoms in total. The second-order valence-corrected chi connectivity index (χ2v) is 3.71. The highest BCUT2D eigenvalue weighted by molar-refractivity contribution is 7.99. The van der Waals surface area contributed by atoms with Crippen molar-refractivity contribution in [2.24, 2.45) is 0 Å². The number of carbonyl (C=O) groups is 1. The molecule has 4 heteroatoms. The van der Waals surface area contributed by atoms with E-state index in [4.69, 9.17) is 5.11 Å². The van der Waals surface area contributed by atoms with E-state index < -0.39 is 0 Å². The number of aliphatic hydroxyl groups is 1. The molecule has 1 amide bonds. The van der Waals surface area contributed by atoms with Crippen LogP contribution in [0.3, 0.4) is 0 Å². The van der Waals surface area contributed by atoms with E-state index >= 15 is 0 Å². The third-order valence-corrected chi connectivity index (χ3v) is 2.22. The maximum absolute atomic E-state index is 11.2. The van der Waals surface area contributed by atoms with Crippen LogP contribution in [0.2, 0.25) is 0 Å². The van der Waals surface area contributed by atoms with E-state index in [1.54, 1.807) is 18.2 Å². The number of nitrogens with one attached hydrogen (secondary N) is 1. The first-order chi connectivity index (χ1) is 6.76. The van der Waals surface area contributed by atoms with Crippen LogP contribution in [0, 0.1) is 0 Å². The highest BCUT2D eigenvalue weighted by Gasteiger charge is 2.00. The maximum atomic E-state index is 11.2. The van der Waals surface area contributed by atoms with Gasteiger partial charge in [-0.1, -0.05) is 12.1 Å². The molecule has 0 spiro atoms. The standard InChI is InChI=1S/C10H13NO2S/c1-14-7-10(13)11-9-4-2-3-8(5-9)6-12/h2-5,12H,6-7H2,1H3,(H,11,13). The topological polar surface area (TPSA) is 49.3 Å². The molecule has 1 aromatic carbocycles. The second-order valence-electron chi connectivity index (χ2n) is 2.84. The lowest BCUT2D eigenvalue weighted by Crippen LogP contribution is -2.13. The van der Waals surface area contributed by atoms with Crippen LogP contribution in [0.1, 0.15) is 5.56 Å². The predicted octanol–water partition coefficient (Wildman–Crippen LogP) is 1.48. The van der Waals surface area contributed by atoms with E-state index in [9.17, 15) is 4.79 Å². The van der Waals surface area contributed by atoms with Crippen molar-refractivity contribution in [1.29, 1.82) is 0 Å². The first kappa shape index (κ1) is 11.1. The van der Waals surface area contributed by atoms with E-state index in [2.05, 4.69) is 5.32 Å². The lowest BCUT2D eigenvalue weighted by Gasteiger charge is -2.05. The third kappa shape index (κ3) is 3.40. The van der Waals surface area contributed by atoms with Crippen molar-refractivity contribution in [3.05, 3.63) is 29.8 Å². The summed E-state index contributed by atoms with van der Waals surface area (Å²) in [5, 5.41) is 11.6. The number of hydrogen-bond donors (Lipinski definition) is 2. The van der Waals surface area contributed by atoms with Crippen LogP contribution in [0.15, 0.2) is 24.3 Å². The van der Waals surface area contributed by atoms with Crippen LogP contribution in [-0.2, 0) is 11.4 Å². The van der Waals surface area contributed by atoms with Gasteiger partial charge in [-0.15, -0.1) is 0 Å². The predicted molar refractivity (Wildman–Crippen MR) is 59.4 cm³/mol. The van der Waals surface area contributed by atoms with Gasteiger partial charge in [-0.3, -0.25) is 4.79 Å². The number of rotatable bonds is 4. The summed E-state index contributed by atoms with van der Waals surface area (Å²) >= 11 is 1.48. The van der Waals surface area contributed by atoms with Gasteiger partial charge in [0, 0.05) is 5.69 Å². The minimum atomic E-state index is -0.0208. The number of amides is 1. The zero-order chi connectivity index (χ0) is 10.4. The van der Waals surface area contributed by atoms with Gasteiger partial charge in [0.1, 0.15) is 0 Å².